The van der Waals surface area contributed by atoms with E-state index in [9.17, 15) is 9.59 Å². The quantitative estimate of drug-likeness (QED) is 0.808. The lowest BCUT2D eigenvalue weighted by atomic mass is 9.87. The predicted octanol–water partition coefficient (Wildman–Crippen LogP) is 4.90. The normalized spacial score (nSPS) is 11.4. The summed E-state index contributed by atoms with van der Waals surface area (Å²) < 4.78 is 0. The van der Waals surface area contributed by atoms with Gasteiger partial charge in [0.25, 0.3) is 0 Å². The van der Waals surface area contributed by atoms with E-state index in [-0.39, 0.29) is 11.7 Å². The van der Waals surface area contributed by atoms with E-state index in [0.717, 1.165) is 39.1 Å². The van der Waals surface area contributed by atoms with Gasteiger partial charge in [0.2, 0.25) is 5.91 Å². The highest BCUT2D eigenvalue weighted by Crippen LogP contribution is 2.35. The Balaban J connectivity index is 2.75. The Morgan fingerprint density at radius 3 is 2.04 bits per heavy atom. The molecular weight excluding hydrogens is 310 g/mol. The van der Waals surface area contributed by atoms with Gasteiger partial charge in [0.1, 0.15) is 0 Å². The minimum Gasteiger partial charge on any atom is -0.326 e. The maximum absolute atomic E-state index is 11.9. The van der Waals surface area contributed by atoms with Crippen molar-refractivity contribution in [3.63, 3.8) is 0 Å². The SMILES string of the molecule is CC(=O)/C=C(/c1ccc(C)cc1)c1c(C)cc(C)c(NC(C)=O)c1C. The second kappa shape index (κ2) is 7.47. The first-order valence-electron chi connectivity index (χ1n) is 8.38. The Kier molecular flexibility index (Phi) is 5.58. The summed E-state index contributed by atoms with van der Waals surface area (Å²) in [6.07, 6.45) is 1.67. The molecule has 1 amide bonds. The molecule has 2 aromatic rings. The molecule has 0 aliphatic carbocycles. The van der Waals surface area contributed by atoms with Crippen LogP contribution in [0.15, 0.2) is 36.4 Å². The molecule has 3 nitrogen and oxygen atoms in total. The molecule has 0 saturated heterocycles. The third kappa shape index (κ3) is 4.24. The molecule has 0 spiro atoms. The fourth-order valence-corrected chi connectivity index (χ4v) is 3.20. The standard InChI is InChI=1S/C22H25NO2/c1-13-7-9-19(10-8-13)20(12-16(4)24)21-14(2)11-15(3)22(17(21)5)23-18(6)25/h7-12H,1-6H3,(H,23,25)/b20-12-. The molecule has 0 unspecified atom stereocenters. The summed E-state index contributed by atoms with van der Waals surface area (Å²) in [6.45, 7) is 11.1. The van der Waals surface area contributed by atoms with Gasteiger partial charge < -0.3 is 5.32 Å². The average molecular weight is 335 g/mol. The van der Waals surface area contributed by atoms with Crippen LogP contribution < -0.4 is 5.32 Å². The number of amides is 1. The van der Waals surface area contributed by atoms with Crippen LogP contribution >= 0.6 is 0 Å². The van der Waals surface area contributed by atoms with Crippen LogP contribution in [-0.2, 0) is 9.59 Å². The van der Waals surface area contributed by atoms with Gasteiger partial charge in [0.15, 0.2) is 5.78 Å². The molecule has 1 N–H and O–H groups in total. The van der Waals surface area contributed by atoms with Crippen molar-refractivity contribution in [3.05, 3.63) is 69.8 Å². The number of benzene rings is 2. The number of nitrogens with one attached hydrogen (secondary N) is 1. The maximum atomic E-state index is 11.9. The van der Waals surface area contributed by atoms with Crippen molar-refractivity contribution in [1.82, 2.24) is 0 Å². The predicted molar refractivity (Wildman–Crippen MR) is 104 cm³/mol. The van der Waals surface area contributed by atoms with Crippen LogP contribution in [0.25, 0.3) is 5.57 Å². The third-order valence-electron chi connectivity index (χ3n) is 4.25. The van der Waals surface area contributed by atoms with Gasteiger partial charge in [-0.25, -0.2) is 0 Å². The summed E-state index contributed by atoms with van der Waals surface area (Å²) in [5, 5.41) is 2.93. The van der Waals surface area contributed by atoms with E-state index in [2.05, 4.69) is 11.4 Å². The molecular formula is C22H25NO2. The van der Waals surface area contributed by atoms with Crippen molar-refractivity contribution in [2.24, 2.45) is 0 Å². The van der Waals surface area contributed by atoms with E-state index in [0.29, 0.717) is 0 Å². The number of anilines is 1. The lowest BCUT2D eigenvalue weighted by molar-refractivity contribution is -0.114. The number of carbonyl (C=O) groups is 2. The number of allylic oxidation sites excluding steroid dienone is 1. The molecule has 0 fully saturated rings. The van der Waals surface area contributed by atoms with Crippen LogP contribution in [0, 0.1) is 27.7 Å². The smallest absolute Gasteiger partial charge is 0.221 e. The van der Waals surface area contributed by atoms with Gasteiger partial charge in [0.05, 0.1) is 0 Å². The lowest BCUT2D eigenvalue weighted by Crippen LogP contribution is -2.11. The summed E-state index contributed by atoms with van der Waals surface area (Å²) in [5.41, 5.74) is 7.92. The van der Waals surface area contributed by atoms with Crippen molar-refractivity contribution < 1.29 is 9.59 Å². The summed E-state index contributed by atoms with van der Waals surface area (Å²) >= 11 is 0. The molecule has 0 saturated carbocycles. The largest absolute Gasteiger partial charge is 0.326 e. The van der Waals surface area contributed by atoms with Gasteiger partial charge in [-0.3, -0.25) is 9.59 Å². The lowest BCUT2D eigenvalue weighted by Gasteiger charge is -2.20. The molecule has 0 atom stereocenters. The first-order chi connectivity index (χ1) is 11.7. The monoisotopic (exact) mass is 335 g/mol. The van der Waals surface area contributed by atoms with Crippen LogP contribution in [0.2, 0.25) is 0 Å². The topological polar surface area (TPSA) is 46.2 Å². The molecule has 0 aliphatic rings. The Morgan fingerprint density at radius 1 is 0.920 bits per heavy atom. The van der Waals surface area contributed by atoms with Crippen LogP contribution in [0.4, 0.5) is 5.69 Å². The van der Waals surface area contributed by atoms with E-state index in [4.69, 9.17) is 0 Å². The highest BCUT2D eigenvalue weighted by atomic mass is 16.1. The number of hydrogen-bond donors (Lipinski definition) is 1. The van der Waals surface area contributed by atoms with Crippen LogP contribution in [0.5, 0.6) is 0 Å². The van der Waals surface area contributed by atoms with E-state index in [1.54, 1.807) is 13.0 Å². The highest BCUT2D eigenvalue weighted by molar-refractivity contribution is 6.01. The summed E-state index contributed by atoms with van der Waals surface area (Å²) in [7, 11) is 0. The summed E-state index contributed by atoms with van der Waals surface area (Å²) in [4.78, 5) is 23.5. The number of rotatable bonds is 4. The molecule has 130 valence electrons. The second-order valence-corrected chi connectivity index (χ2v) is 6.60. The van der Waals surface area contributed by atoms with E-state index in [1.165, 1.54) is 12.5 Å². The van der Waals surface area contributed by atoms with Crippen LogP contribution in [0.3, 0.4) is 0 Å². The van der Waals surface area contributed by atoms with Gasteiger partial charge >= 0.3 is 0 Å². The van der Waals surface area contributed by atoms with Crippen LogP contribution in [0.1, 0.15) is 47.2 Å². The van der Waals surface area contributed by atoms with Crippen molar-refractivity contribution in [2.45, 2.75) is 41.5 Å². The number of carbonyl (C=O) groups excluding carboxylic acids is 2. The zero-order chi connectivity index (χ0) is 18.7. The molecule has 0 bridgehead atoms. The molecule has 0 radical (unpaired) electrons. The van der Waals surface area contributed by atoms with Gasteiger partial charge in [0, 0.05) is 12.6 Å². The molecule has 2 rings (SSSR count). The fraction of sp³-hybridized carbons (Fsp3) is 0.273. The Bertz CT molecular complexity index is 859. The number of aryl methyl sites for hydroxylation is 3. The van der Waals surface area contributed by atoms with E-state index >= 15 is 0 Å². The molecule has 0 heterocycles. The minimum absolute atomic E-state index is 0.00368. The van der Waals surface area contributed by atoms with E-state index < -0.39 is 0 Å². The van der Waals surface area contributed by atoms with Gasteiger partial charge in [-0.05, 0) is 74.1 Å². The third-order valence-corrected chi connectivity index (χ3v) is 4.25. The second-order valence-electron chi connectivity index (χ2n) is 6.60. The van der Waals surface area contributed by atoms with Crippen molar-refractivity contribution in [2.75, 3.05) is 5.32 Å². The Labute approximate surface area is 149 Å². The zero-order valence-electron chi connectivity index (χ0n) is 15.8. The van der Waals surface area contributed by atoms with Gasteiger partial charge in [-0.2, -0.15) is 0 Å². The van der Waals surface area contributed by atoms with E-state index in [1.807, 2.05) is 52.0 Å². The molecule has 2 aromatic carbocycles. The minimum atomic E-state index is -0.103. The summed E-state index contributed by atoms with van der Waals surface area (Å²) in [6, 6.07) is 10.2. The van der Waals surface area contributed by atoms with Crippen molar-refractivity contribution in [1.29, 1.82) is 0 Å². The molecule has 3 heteroatoms. The van der Waals surface area contributed by atoms with Gasteiger partial charge in [-0.1, -0.05) is 35.9 Å². The average Bonchev–Trinajstić information content (AvgIpc) is 2.50. The number of ketones is 1. The first kappa shape index (κ1) is 18.7. The molecule has 0 aromatic heterocycles. The Morgan fingerprint density at radius 2 is 1.52 bits per heavy atom. The molecule has 0 aliphatic heterocycles. The van der Waals surface area contributed by atoms with Crippen molar-refractivity contribution >= 4 is 23.0 Å². The Hall–Kier alpha value is -2.68. The molecule has 25 heavy (non-hydrogen) atoms. The van der Waals surface area contributed by atoms with Crippen LogP contribution in [-0.4, -0.2) is 11.7 Å². The first-order valence-corrected chi connectivity index (χ1v) is 8.38. The number of hydrogen-bond acceptors (Lipinski definition) is 2. The highest BCUT2D eigenvalue weighted by Gasteiger charge is 2.17. The summed E-state index contributed by atoms with van der Waals surface area (Å²) in [5.74, 6) is -0.107. The van der Waals surface area contributed by atoms with Crippen molar-refractivity contribution in [3.8, 4) is 0 Å². The maximum Gasteiger partial charge on any atom is 0.221 e. The zero-order valence-corrected chi connectivity index (χ0v) is 15.8. The van der Waals surface area contributed by atoms with Gasteiger partial charge in [-0.15, -0.1) is 0 Å². The fourth-order valence-electron chi connectivity index (χ4n) is 3.20.